The fraction of sp³-hybridized carbons (Fsp3) is 0.789. The van der Waals surface area contributed by atoms with Crippen LogP contribution in [-0.4, -0.2) is 53.4 Å². The van der Waals surface area contributed by atoms with E-state index in [1.165, 1.54) is 19.2 Å². The van der Waals surface area contributed by atoms with Crippen molar-refractivity contribution in [1.29, 1.82) is 0 Å². The van der Waals surface area contributed by atoms with E-state index >= 15 is 4.39 Å². The summed E-state index contributed by atoms with van der Waals surface area (Å²) in [6.07, 6.45) is -1.39. The van der Waals surface area contributed by atoms with Gasteiger partial charge in [0.15, 0.2) is 18.0 Å². The van der Waals surface area contributed by atoms with Crippen molar-refractivity contribution in [1.82, 2.24) is 9.55 Å². The van der Waals surface area contributed by atoms with Crippen molar-refractivity contribution in [3.8, 4) is 0 Å². The normalized spacial score (nSPS) is 28.5. The molecule has 0 amide bonds. The molecule has 0 spiro atoms. The number of halogens is 2. The number of nitrogens with two attached hydrogens (primary N) is 1. The van der Waals surface area contributed by atoms with Crippen molar-refractivity contribution in [2.45, 2.75) is 76.7 Å². The number of nitrogens with zero attached hydrogens (tertiary/aromatic N) is 2. The summed E-state index contributed by atoms with van der Waals surface area (Å²) in [6.45, 7) is 5.77. The van der Waals surface area contributed by atoms with E-state index in [1.807, 2.05) is 13.8 Å². The predicted octanol–water partition coefficient (Wildman–Crippen LogP) is 2.79. The van der Waals surface area contributed by atoms with Crippen molar-refractivity contribution in [3.05, 3.63) is 22.7 Å². The molecule has 1 aromatic rings. The monoisotopic (exact) mass is 403 g/mol. The van der Waals surface area contributed by atoms with Gasteiger partial charge in [-0.3, -0.25) is 4.57 Å². The van der Waals surface area contributed by atoms with Crippen LogP contribution in [-0.2, 0) is 14.2 Å². The Balaban J connectivity index is 2.33. The standard InChI is InChI=1S/C19H31F2N3O4/c1-4-6-10-26-12-19(13(3)20)16(27-11-7-5-2)15(21)17(28-19)24-9-8-14(22)23-18(24)25/h8-9,13,15-17H,4-7,10-12H2,1-3H3,(H2,22,23,25)/t13-,15-,16+,17-,19+/m1/s1. The van der Waals surface area contributed by atoms with Crippen LogP contribution < -0.4 is 11.4 Å². The Morgan fingerprint density at radius 3 is 2.64 bits per heavy atom. The van der Waals surface area contributed by atoms with Crippen LogP contribution in [0.2, 0.25) is 0 Å². The fourth-order valence-corrected chi connectivity index (χ4v) is 3.22. The van der Waals surface area contributed by atoms with Crippen molar-refractivity contribution >= 4 is 5.82 Å². The molecule has 160 valence electrons. The maximum atomic E-state index is 15.4. The minimum atomic E-state index is -1.77. The predicted molar refractivity (Wildman–Crippen MR) is 102 cm³/mol. The maximum Gasteiger partial charge on any atom is 0.351 e. The number of alkyl halides is 2. The first-order chi connectivity index (χ1) is 13.4. The highest BCUT2D eigenvalue weighted by atomic mass is 19.1. The smallest absolute Gasteiger partial charge is 0.351 e. The Morgan fingerprint density at radius 1 is 1.36 bits per heavy atom. The highest BCUT2D eigenvalue weighted by molar-refractivity contribution is 5.23. The third-order valence-corrected chi connectivity index (χ3v) is 4.95. The first-order valence-electron chi connectivity index (χ1n) is 9.87. The Hall–Kier alpha value is -1.58. The van der Waals surface area contributed by atoms with Gasteiger partial charge < -0.3 is 19.9 Å². The Labute approximate surface area is 164 Å². The summed E-state index contributed by atoms with van der Waals surface area (Å²) >= 11 is 0. The van der Waals surface area contributed by atoms with Crippen LogP contribution >= 0.6 is 0 Å². The molecule has 1 aromatic heterocycles. The average molecular weight is 403 g/mol. The van der Waals surface area contributed by atoms with Gasteiger partial charge >= 0.3 is 5.69 Å². The molecule has 0 saturated carbocycles. The van der Waals surface area contributed by atoms with Crippen LogP contribution in [0.15, 0.2) is 17.1 Å². The van der Waals surface area contributed by atoms with Crippen LogP contribution in [0.1, 0.15) is 52.7 Å². The summed E-state index contributed by atoms with van der Waals surface area (Å²) in [6, 6.07) is 1.36. The van der Waals surface area contributed by atoms with Gasteiger partial charge in [0.25, 0.3) is 0 Å². The van der Waals surface area contributed by atoms with Gasteiger partial charge in [-0.2, -0.15) is 4.98 Å². The number of nitrogen functional groups attached to an aromatic ring is 1. The molecule has 0 aromatic carbocycles. The van der Waals surface area contributed by atoms with E-state index in [2.05, 4.69) is 4.98 Å². The van der Waals surface area contributed by atoms with Gasteiger partial charge in [0.1, 0.15) is 18.1 Å². The molecular formula is C19H31F2N3O4. The Bertz CT molecular complexity index is 673. The Morgan fingerprint density at radius 2 is 2.04 bits per heavy atom. The topological polar surface area (TPSA) is 88.6 Å². The maximum absolute atomic E-state index is 15.4. The number of ether oxygens (including phenoxy) is 3. The summed E-state index contributed by atoms with van der Waals surface area (Å²) in [5.41, 5.74) is 3.07. The van der Waals surface area contributed by atoms with Gasteiger partial charge in [-0.1, -0.05) is 26.7 Å². The second-order valence-electron chi connectivity index (χ2n) is 7.12. The minimum Gasteiger partial charge on any atom is -0.383 e. The zero-order chi connectivity index (χ0) is 20.7. The zero-order valence-corrected chi connectivity index (χ0v) is 16.8. The number of anilines is 1. The quantitative estimate of drug-likeness (QED) is 0.572. The van der Waals surface area contributed by atoms with Crippen molar-refractivity contribution in [2.24, 2.45) is 0 Å². The number of rotatable bonds is 11. The minimum absolute atomic E-state index is 0.0124. The lowest BCUT2D eigenvalue weighted by atomic mass is 9.91. The van der Waals surface area contributed by atoms with Gasteiger partial charge in [0.05, 0.1) is 6.61 Å². The van der Waals surface area contributed by atoms with Crippen molar-refractivity contribution in [3.63, 3.8) is 0 Å². The van der Waals surface area contributed by atoms with Crippen LogP contribution in [0.3, 0.4) is 0 Å². The lowest BCUT2D eigenvalue weighted by Crippen LogP contribution is -2.54. The lowest BCUT2D eigenvalue weighted by Gasteiger charge is -2.35. The lowest BCUT2D eigenvalue weighted by molar-refractivity contribution is -0.181. The second kappa shape index (κ2) is 10.3. The molecule has 0 aliphatic carbocycles. The van der Waals surface area contributed by atoms with Gasteiger partial charge in [-0.05, 0) is 25.8 Å². The molecule has 0 unspecified atom stereocenters. The molecular weight excluding hydrogens is 372 g/mol. The van der Waals surface area contributed by atoms with Crippen LogP contribution in [0.25, 0.3) is 0 Å². The third kappa shape index (κ3) is 4.87. The Kier molecular flexibility index (Phi) is 8.33. The molecule has 2 N–H and O–H groups in total. The molecule has 2 rings (SSSR count). The molecule has 9 heteroatoms. The van der Waals surface area contributed by atoms with E-state index in [1.54, 1.807) is 0 Å². The SMILES string of the molecule is CCCCOC[C@@]1([C@@H](C)F)O[C@@H](n2ccc(N)nc2=O)[C@H](F)[C@@H]1OCCCC. The molecule has 2 heterocycles. The number of aromatic nitrogens is 2. The molecule has 1 aliphatic heterocycles. The molecule has 0 radical (unpaired) electrons. The third-order valence-electron chi connectivity index (χ3n) is 4.95. The summed E-state index contributed by atoms with van der Waals surface area (Å²) < 4.78 is 48.3. The van der Waals surface area contributed by atoms with Crippen LogP contribution in [0.4, 0.5) is 14.6 Å². The summed E-state index contributed by atoms with van der Waals surface area (Å²) in [7, 11) is 0. The molecule has 1 fully saturated rings. The molecule has 0 bridgehead atoms. The average Bonchev–Trinajstić information content (AvgIpc) is 2.93. The summed E-state index contributed by atoms with van der Waals surface area (Å²) in [5.74, 6) is 0.0124. The van der Waals surface area contributed by atoms with Gasteiger partial charge in [-0.25, -0.2) is 13.6 Å². The van der Waals surface area contributed by atoms with E-state index in [-0.39, 0.29) is 19.0 Å². The number of hydrogen-bond donors (Lipinski definition) is 1. The number of unbranched alkanes of at least 4 members (excludes halogenated alkanes) is 2. The fourth-order valence-electron chi connectivity index (χ4n) is 3.22. The van der Waals surface area contributed by atoms with Gasteiger partial charge in [0, 0.05) is 19.4 Å². The molecule has 5 atom stereocenters. The van der Waals surface area contributed by atoms with Crippen LogP contribution in [0.5, 0.6) is 0 Å². The first kappa shape index (κ1) is 22.7. The van der Waals surface area contributed by atoms with E-state index in [0.29, 0.717) is 13.0 Å². The molecule has 1 aliphatic rings. The van der Waals surface area contributed by atoms with Crippen molar-refractivity contribution in [2.75, 3.05) is 25.6 Å². The van der Waals surface area contributed by atoms with Crippen molar-refractivity contribution < 1.29 is 23.0 Å². The molecule has 1 saturated heterocycles. The van der Waals surface area contributed by atoms with Crippen LogP contribution in [0, 0.1) is 0 Å². The van der Waals surface area contributed by atoms with E-state index in [0.717, 1.165) is 23.8 Å². The first-order valence-corrected chi connectivity index (χ1v) is 9.87. The highest BCUT2D eigenvalue weighted by Gasteiger charge is 2.61. The highest BCUT2D eigenvalue weighted by Crippen LogP contribution is 2.43. The van der Waals surface area contributed by atoms with E-state index in [4.69, 9.17) is 19.9 Å². The van der Waals surface area contributed by atoms with E-state index in [9.17, 15) is 9.18 Å². The molecule has 28 heavy (non-hydrogen) atoms. The summed E-state index contributed by atoms with van der Waals surface area (Å²) in [4.78, 5) is 15.8. The largest absolute Gasteiger partial charge is 0.383 e. The van der Waals surface area contributed by atoms with Gasteiger partial charge in [-0.15, -0.1) is 0 Å². The van der Waals surface area contributed by atoms with Gasteiger partial charge in [0.2, 0.25) is 0 Å². The number of hydrogen-bond acceptors (Lipinski definition) is 6. The zero-order valence-electron chi connectivity index (χ0n) is 16.8. The second-order valence-corrected chi connectivity index (χ2v) is 7.12. The summed E-state index contributed by atoms with van der Waals surface area (Å²) in [5, 5.41) is 0. The molecule has 7 nitrogen and oxygen atoms in total. The van der Waals surface area contributed by atoms with E-state index < -0.39 is 36.0 Å².